The second-order valence-corrected chi connectivity index (χ2v) is 6.76. The molecule has 0 unspecified atom stereocenters. The number of anilines is 1. The molecule has 0 aliphatic carbocycles. The molecule has 0 saturated heterocycles. The van der Waals surface area contributed by atoms with Gasteiger partial charge >= 0.3 is 0 Å². The molecule has 1 N–H and O–H groups in total. The molecule has 0 saturated carbocycles. The number of aromatic nitrogens is 1. The van der Waals surface area contributed by atoms with Crippen molar-refractivity contribution in [3.63, 3.8) is 0 Å². The van der Waals surface area contributed by atoms with Crippen molar-refractivity contribution in [2.45, 2.75) is 13.3 Å². The second kappa shape index (κ2) is 6.46. The number of nitrogens with one attached hydrogen (secondary N) is 1. The standard InChI is InChI=1S/C16H13BrN2O2S/c1-10-14(9-11-4-6-12(17)7-5-11)22-16(18-10)19-15(20)13-3-2-8-21-13/h2-8H,9H2,1H3,(H,18,19,20). The molecule has 0 fully saturated rings. The van der Waals surface area contributed by atoms with E-state index in [0.717, 1.165) is 21.5 Å². The molecule has 112 valence electrons. The first-order chi connectivity index (χ1) is 10.6. The zero-order valence-electron chi connectivity index (χ0n) is 11.8. The van der Waals surface area contributed by atoms with Gasteiger partial charge in [-0.2, -0.15) is 0 Å². The van der Waals surface area contributed by atoms with Gasteiger partial charge in [0, 0.05) is 15.8 Å². The number of benzene rings is 1. The summed E-state index contributed by atoms with van der Waals surface area (Å²) >= 11 is 4.92. The molecular formula is C16H13BrN2O2S. The van der Waals surface area contributed by atoms with E-state index in [-0.39, 0.29) is 11.7 Å². The van der Waals surface area contributed by atoms with Crippen LogP contribution in [-0.4, -0.2) is 10.9 Å². The van der Waals surface area contributed by atoms with Gasteiger partial charge in [-0.25, -0.2) is 4.98 Å². The maximum atomic E-state index is 11.9. The summed E-state index contributed by atoms with van der Waals surface area (Å²) in [5.74, 6) is -0.00347. The van der Waals surface area contributed by atoms with Gasteiger partial charge in [-0.3, -0.25) is 10.1 Å². The Balaban J connectivity index is 1.73. The van der Waals surface area contributed by atoms with Crippen LogP contribution in [-0.2, 0) is 6.42 Å². The van der Waals surface area contributed by atoms with Gasteiger partial charge in [-0.05, 0) is 36.8 Å². The molecule has 0 atom stereocenters. The summed E-state index contributed by atoms with van der Waals surface area (Å²) in [7, 11) is 0. The van der Waals surface area contributed by atoms with Crippen LogP contribution in [0.3, 0.4) is 0 Å². The fourth-order valence-corrected chi connectivity index (χ4v) is 3.26. The van der Waals surface area contributed by atoms with Gasteiger partial charge in [-0.15, -0.1) is 11.3 Å². The summed E-state index contributed by atoms with van der Waals surface area (Å²) in [6.45, 7) is 1.95. The molecule has 6 heteroatoms. The van der Waals surface area contributed by atoms with Crippen molar-refractivity contribution in [2.75, 3.05) is 5.32 Å². The fourth-order valence-electron chi connectivity index (χ4n) is 2.00. The summed E-state index contributed by atoms with van der Waals surface area (Å²) in [5.41, 5.74) is 2.14. The van der Waals surface area contributed by atoms with Crippen molar-refractivity contribution in [2.24, 2.45) is 0 Å². The summed E-state index contributed by atoms with van der Waals surface area (Å²) in [5, 5.41) is 3.36. The largest absolute Gasteiger partial charge is 0.459 e. The molecule has 1 aromatic carbocycles. The van der Waals surface area contributed by atoms with Gasteiger partial charge in [-0.1, -0.05) is 28.1 Å². The number of nitrogens with zero attached hydrogens (tertiary/aromatic N) is 1. The van der Waals surface area contributed by atoms with Crippen LogP contribution >= 0.6 is 27.3 Å². The molecule has 0 bridgehead atoms. The molecule has 4 nitrogen and oxygen atoms in total. The third-order valence-electron chi connectivity index (χ3n) is 3.14. The number of aryl methyl sites for hydroxylation is 1. The lowest BCUT2D eigenvalue weighted by molar-refractivity contribution is 0.0996. The van der Waals surface area contributed by atoms with E-state index >= 15 is 0 Å². The fraction of sp³-hybridized carbons (Fsp3) is 0.125. The predicted molar refractivity (Wildman–Crippen MR) is 90.5 cm³/mol. The van der Waals surface area contributed by atoms with E-state index < -0.39 is 0 Å². The number of thiazole rings is 1. The first-order valence-corrected chi connectivity index (χ1v) is 8.28. The van der Waals surface area contributed by atoms with Crippen molar-refractivity contribution in [3.8, 4) is 0 Å². The molecule has 22 heavy (non-hydrogen) atoms. The number of furan rings is 1. The summed E-state index contributed by atoms with van der Waals surface area (Å²) in [6, 6.07) is 11.5. The van der Waals surface area contributed by atoms with E-state index in [4.69, 9.17) is 4.42 Å². The Hall–Kier alpha value is -1.92. The SMILES string of the molecule is Cc1nc(NC(=O)c2ccco2)sc1Cc1ccc(Br)cc1. The third kappa shape index (κ3) is 3.45. The highest BCUT2D eigenvalue weighted by molar-refractivity contribution is 9.10. The Kier molecular flexibility index (Phi) is 4.40. The minimum Gasteiger partial charge on any atom is -0.459 e. The van der Waals surface area contributed by atoms with Crippen LogP contribution in [0.5, 0.6) is 0 Å². The van der Waals surface area contributed by atoms with Crippen molar-refractivity contribution < 1.29 is 9.21 Å². The Bertz CT molecular complexity index is 779. The quantitative estimate of drug-likeness (QED) is 0.720. The molecule has 0 aliphatic heterocycles. The maximum absolute atomic E-state index is 11.9. The predicted octanol–water partition coefficient (Wildman–Crippen LogP) is 4.65. The van der Waals surface area contributed by atoms with Crippen molar-refractivity contribution in [1.29, 1.82) is 0 Å². The van der Waals surface area contributed by atoms with Crippen LogP contribution in [0.4, 0.5) is 5.13 Å². The summed E-state index contributed by atoms with van der Waals surface area (Å²) in [4.78, 5) is 17.5. The highest BCUT2D eigenvalue weighted by Gasteiger charge is 2.13. The van der Waals surface area contributed by atoms with Crippen LogP contribution < -0.4 is 5.32 Å². The first kappa shape index (κ1) is 15.0. The average Bonchev–Trinajstić information content (AvgIpc) is 3.12. The zero-order chi connectivity index (χ0) is 15.5. The highest BCUT2D eigenvalue weighted by Crippen LogP contribution is 2.26. The zero-order valence-corrected chi connectivity index (χ0v) is 14.2. The van der Waals surface area contributed by atoms with Gasteiger partial charge in [0.2, 0.25) is 0 Å². The lowest BCUT2D eigenvalue weighted by Crippen LogP contribution is -2.10. The maximum Gasteiger partial charge on any atom is 0.293 e. The molecular weight excluding hydrogens is 364 g/mol. The van der Waals surface area contributed by atoms with Gasteiger partial charge in [0.05, 0.1) is 12.0 Å². The number of halogens is 1. The van der Waals surface area contributed by atoms with Crippen LogP contribution in [0.25, 0.3) is 0 Å². The number of carbonyl (C=O) groups excluding carboxylic acids is 1. The summed E-state index contributed by atoms with van der Waals surface area (Å²) < 4.78 is 6.13. The van der Waals surface area contributed by atoms with E-state index in [1.54, 1.807) is 12.1 Å². The molecule has 3 rings (SSSR count). The van der Waals surface area contributed by atoms with E-state index in [0.29, 0.717) is 5.13 Å². The van der Waals surface area contributed by atoms with Crippen molar-refractivity contribution >= 4 is 38.3 Å². The van der Waals surface area contributed by atoms with Gasteiger partial charge in [0.25, 0.3) is 5.91 Å². The molecule has 0 spiro atoms. The van der Waals surface area contributed by atoms with Crippen LogP contribution in [0.2, 0.25) is 0 Å². The average molecular weight is 377 g/mol. The number of amides is 1. The molecule has 0 aliphatic rings. The lowest BCUT2D eigenvalue weighted by Gasteiger charge is -1.99. The third-order valence-corrected chi connectivity index (χ3v) is 4.74. The Morgan fingerprint density at radius 3 is 2.77 bits per heavy atom. The smallest absolute Gasteiger partial charge is 0.293 e. The van der Waals surface area contributed by atoms with Crippen molar-refractivity contribution in [1.82, 2.24) is 4.98 Å². The monoisotopic (exact) mass is 376 g/mol. The number of carbonyl (C=O) groups is 1. The minimum absolute atomic E-state index is 0.280. The lowest BCUT2D eigenvalue weighted by atomic mass is 10.1. The highest BCUT2D eigenvalue weighted by atomic mass is 79.9. The van der Waals surface area contributed by atoms with Crippen LogP contribution in [0.1, 0.15) is 26.7 Å². The van der Waals surface area contributed by atoms with Crippen molar-refractivity contribution in [3.05, 3.63) is 69.0 Å². The molecule has 0 radical (unpaired) electrons. The van der Waals surface area contributed by atoms with E-state index in [1.165, 1.54) is 23.2 Å². The van der Waals surface area contributed by atoms with Gasteiger partial charge in [0.15, 0.2) is 10.9 Å². The molecule has 1 amide bonds. The Morgan fingerprint density at radius 1 is 1.32 bits per heavy atom. The molecule has 3 aromatic rings. The minimum atomic E-state index is -0.283. The van der Waals surface area contributed by atoms with Crippen LogP contribution in [0.15, 0.2) is 51.6 Å². The van der Waals surface area contributed by atoms with E-state index in [1.807, 2.05) is 19.1 Å². The second-order valence-electron chi connectivity index (χ2n) is 4.76. The normalized spacial score (nSPS) is 10.6. The first-order valence-electron chi connectivity index (χ1n) is 6.67. The van der Waals surface area contributed by atoms with E-state index in [9.17, 15) is 4.79 Å². The van der Waals surface area contributed by atoms with Crippen LogP contribution in [0, 0.1) is 6.92 Å². The number of hydrogen-bond acceptors (Lipinski definition) is 4. The summed E-state index contributed by atoms with van der Waals surface area (Å²) in [6.07, 6.45) is 2.27. The molecule has 2 aromatic heterocycles. The molecule has 2 heterocycles. The van der Waals surface area contributed by atoms with E-state index in [2.05, 4.69) is 38.4 Å². The van der Waals surface area contributed by atoms with Gasteiger partial charge < -0.3 is 4.42 Å². The number of hydrogen-bond donors (Lipinski definition) is 1. The van der Waals surface area contributed by atoms with Gasteiger partial charge in [0.1, 0.15) is 0 Å². The Morgan fingerprint density at radius 2 is 2.09 bits per heavy atom. The Labute approximate surface area is 140 Å². The topological polar surface area (TPSA) is 55.1 Å². The number of rotatable bonds is 4.